The number of carboxylic acids is 1. The van der Waals surface area contributed by atoms with E-state index < -0.39 is 5.97 Å². The van der Waals surface area contributed by atoms with E-state index in [0.29, 0.717) is 11.1 Å². The molecule has 98 valence electrons. The fraction of sp³-hybridized carbons (Fsp3) is 0.500. The van der Waals surface area contributed by atoms with Gasteiger partial charge in [0.25, 0.3) is 0 Å². The lowest BCUT2D eigenvalue weighted by Gasteiger charge is -2.17. The van der Waals surface area contributed by atoms with Crippen molar-refractivity contribution in [2.75, 3.05) is 17.6 Å². The first-order valence-corrected chi connectivity index (χ1v) is 6.43. The molecule has 1 aromatic carbocycles. The molecule has 18 heavy (non-hydrogen) atoms. The van der Waals surface area contributed by atoms with Crippen LogP contribution in [0.15, 0.2) is 18.2 Å². The number of hydrogen-bond acceptors (Lipinski definition) is 3. The number of nitrogens with two attached hydrogens (primary N) is 1. The lowest BCUT2D eigenvalue weighted by atomic mass is 10.0. The standard InChI is InChI=1S/C14H20N2O2/c1-2-5-14(6-7-14)9-16-12-4-3-10(13(17)18)8-11(12)15/h3-4,8,16H,2,5-7,9,15H2,1H3,(H,17,18). The summed E-state index contributed by atoms with van der Waals surface area (Å²) in [6, 6.07) is 4.84. The zero-order valence-electron chi connectivity index (χ0n) is 10.7. The number of aromatic carboxylic acids is 1. The zero-order chi connectivity index (χ0) is 13.2. The second kappa shape index (κ2) is 4.88. The lowest BCUT2D eigenvalue weighted by Crippen LogP contribution is -2.16. The molecule has 0 aliphatic heterocycles. The molecule has 0 amide bonds. The highest BCUT2D eigenvalue weighted by molar-refractivity contribution is 5.90. The number of anilines is 2. The zero-order valence-corrected chi connectivity index (χ0v) is 10.7. The molecule has 2 rings (SSSR count). The topological polar surface area (TPSA) is 75.3 Å². The van der Waals surface area contributed by atoms with Gasteiger partial charge in [-0.05, 0) is 42.9 Å². The van der Waals surface area contributed by atoms with Crippen LogP contribution in [0.5, 0.6) is 0 Å². The molecule has 4 N–H and O–H groups in total. The monoisotopic (exact) mass is 248 g/mol. The average Bonchev–Trinajstić information content (AvgIpc) is 3.08. The van der Waals surface area contributed by atoms with E-state index in [1.165, 1.54) is 31.7 Å². The van der Waals surface area contributed by atoms with E-state index in [1.807, 2.05) is 0 Å². The number of carbonyl (C=O) groups is 1. The predicted molar refractivity (Wildman–Crippen MR) is 72.9 cm³/mol. The van der Waals surface area contributed by atoms with Crippen molar-refractivity contribution in [1.82, 2.24) is 0 Å². The largest absolute Gasteiger partial charge is 0.478 e. The number of nitrogens with one attached hydrogen (secondary N) is 1. The Balaban J connectivity index is 2.00. The summed E-state index contributed by atoms with van der Waals surface area (Å²) in [6.07, 6.45) is 5.00. The molecule has 1 saturated carbocycles. The van der Waals surface area contributed by atoms with E-state index in [1.54, 1.807) is 12.1 Å². The first-order chi connectivity index (χ1) is 8.56. The third kappa shape index (κ3) is 2.75. The highest BCUT2D eigenvalue weighted by Gasteiger charge is 2.41. The van der Waals surface area contributed by atoms with Crippen LogP contribution in [0.1, 0.15) is 43.0 Å². The Morgan fingerprint density at radius 3 is 2.72 bits per heavy atom. The highest BCUT2D eigenvalue weighted by atomic mass is 16.4. The molecule has 1 aromatic rings. The maximum Gasteiger partial charge on any atom is 0.335 e. The fourth-order valence-electron chi connectivity index (χ4n) is 2.36. The summed E-state index contributed by atoms with van der Waals surface area (Å²) in [5.41, 5.74) is 7.88. The van der Waals surface area contributed by atoms with Crippen LogP contribution < -0.4 is 11.1 Å². The fourth-order valence-corrected chi connectivity index (χ4v) is 2.36. The van der Waals surface area contributed by atoms with Crippen LogP contribution in [0.2, 0.25) is 0 Å². The summed E-state index contributed by atoms with van der Waals surface area (Å²) < 4.78 is 0. The highest BCUT2D eigenvalue weighted by Crippen LogP contribution is 2.49. The van der Waals surface area contributed by atoms with Crippen LogP contribution in [0, 0.1) is 5.41 Å². The quantitative estimate of drug-likeness (QED) is 0.676. The van der Waals surface area contributed by atoms with E-state index in [2.05, 4.69) is 12.2 Å². The van der Waals surface area contributed by atoms with Crippen LogP contribution in [0.3, 0.4) is 0 Å². The minimum absolute atomic E-state index is 0.229. The summed E-state index contributed by atoms with van der Waals surface area (Å²) in [5, 5.41) is 12.2. The van der Waals surface area contributed by atoms with Crippen molar-refractivity contribution in [2.24, 2.45) is 5.41 Å². The van der Waals surface area contributed by atoms with Gasteiger partial charge in [0.05, 0.1) is 16.9 Å². The summed E-state index contributed by atoms with van der Waals surface area (Å²) >= 11 is 0. The van der Waals surface area contributed by atoms with Gasteiger partial charge in [0.15, 0.2) is 0 Å². The first kappa shape index (κ1) is 12.7. The molecule has 1 fully saturated rings. The van der Waals surface area contributed by atoms with Gasteiger partial charge in [0.2, 0.25) is 0 Å². The van der Waals surface area contributed by atoms with Gasteiger partial charge in [-0.1, -0.05) is 13.3 Å². The third-order valence-electron chi connectivity index (χ3n) is 3.69. The van der Waals surface area contributed by atoms with Crippen molar-refractivity contribution in [3.8, 4) is 0 Å². The molecule has 0 heterocycles. The van der Waals surface area contributed by atoms with Crippen LogP contribution in [-0.2, 0) is 0 Å². The van der Waals surface area contributed by atoms with Crippen LogP contribution in [-0.4, -0.2) is 17.6 Å². The number of hydrogen-bond donors (Lipinski definition) is 3. The average molecular weight is 248 g/mol. The van der Waals surface area contributed by atoms with E-state index in [-0.39, 0.29) is 5.56 Å². The van der Waals surface area contributed by atoms with Crippen molar-refractivity contribution in [3.63, 3.8) is 0 Å². The lowest BCUT2D eigenvalue weighted by molar-refractivity contribution is 0.0697. The van der Waals surface area contributed by atoms with Crippen LogP contribution in [0.25, 0.3) is 0 Å². The Hall–Kier alpha value is -1.71. The third-order valence-corrected chi connectivity index (χ3v) is 3.69. The minimum Gasteiger partial charge on any atom is -0.478 e. The molecule has 0 saturated heterocycles. The van der Waals surface area contributed by atoms with Gasteiger partial charge in [0.1, 0.15) is 0 Å². The van der Waals surface area contributed by atoms with E-state index in [9.17, 15) is 4.79 Å². The molecule has 0 atom stereocenters. The van der Waals surface area contributed by atoms with Crippen molar-refractivity contribution in [1.29, 1.82) is 0 Å². The van der Waals surface area contributed by atoms with Gasteiger partial charge in [-0.2, -0.15) is 0 Å². The summed E-state index contributed by atoms with van der Waals surface area (Å²) in [5.74, 6) is -0.946. The Labute approximate surface area is 107 Å². The molecule has 1 aliphatic carbocycles. The summed E-state index contributed by atoms with van der Waals surface area (Å²) in [6.45, 7) is 3.13. The summed E-state index contributed by atoms with van der Waals surface area (Å²) in [4.78, 5) is 10.8. The van der Waals surface area contributed by atoms with Crippen molar-refractivity contribution in [3.05, 3.63) is 23.8 Å². The van der Waals surface area contributed by atoms with Crippen molar-refractivity contribution in [2.45, 2.75) is 32.6 Å². The van der Waals surface area contributed by atoms with Gasteiger partial charge >= 0.3 is 5.97 Å². The second-order valence-corrected chi connectivity index (χ2v) is 5.21. The molecule has 0 aromatic heterocycles. The molecule has 4 nitrogen and oxygen atoms in total. The van der Waals surface area contributed by atoms with Gasteiger partial charge in [-0.15, -0.1) is 0 Å². The maximum atomic E-state index is 10.8. The van der Waals surface area contributed by atoms with Crippen LogP contribution in [0.4, 0.5) is 11.4 Å². The Kier molecular flexibility index (Phi) is 3.45. The molecular weight excluding hydrogens is 228 g/mol. The van der Waals surface area contributed by atoms with Gasteiger partial charge < -0.3 is 16.2 Å². The normalized spacial score (nSPS) is 16.3. The Morgan fingerprint density at radius 1 is 1.50 bits per heavy atom. The smallest absolute Gasteiger partial charge is 0.335 e. The molecule has 4 heteroatoms. The molecule has 0 spiro atoms. The maximum absolute atomic E-state index is 10.8. The number of carboxylic acid groups (broad SMARTS) is 1. The van der Waals surface area contributed by atoms with E-state index in [4.69, 9.17) is 10.8 Å². The molecule has 0 unspecified atom stereocenters. The first-order valence-electron chi connectivity index (χ1n) is 6.43. The van der Waals surface area contributed by atoms with E-state index >= 15 is 0 Å². The Bertz CT molecular complexity index is 453. The second-order valence-electron chi connectivity index (χ2n) is 5.21. The molecule has 0 bridgehead atoms. The molecular formula is C14H20N2O2. The predicted octanol–water partition coefficient (Wildman–Crippen LogP) is 2.96. The van der Waals surface area contributed by atoms with Crippen LogP contribution >= 0.6 is 0 Å². The molecule has 0 radical (unpaired) electrons. The SMILES string of the molecule is CCCC1(CNc2ccc(C(=O)O)cc2N)CC1. The summed E-state index contributed by atoms with van der Waals surface area (Å²) in [7, 11) is 0. The molecule has 1 aliphatic rings. The van der Waals surface area contributed by atoms with Crippen molar-refractivity contribution >= 4 is 17.3 Å². The van der Waals surface area contributed by atoms with Gasteiger partial charge in [-0.3, -0.25) is 0 Å². The van der Waals surface area contributed by atoms with Gasteiger partial charge in [0, 0.05) is 6.54 Å². The van der Waals surface area contributed by atoms with E-state index in [0.717, 1.165) is 12.2 Å². The number of nitrogen functional groups attached to an aromatic ring is 1. The van der Waals surface area contributed by atoms with Gasteiger partial charge in [-0.25, -0.2) is 4.79 Å². The van der Waals surface area contributed by atoms with Crippen molar-refractivity contribution < 1.29 is 9.90 Å². The number of rotatable bonds is 6. The number of benzene rings is 1. The minimum atomic E-state index is -0.946. The Morgan fingerprint density at radius 2 is 2.22 bits per heavy atom.